The van der Waals surface area contributed by atoms with Crippen LogP contribution in [0.1, 0.15) is 25.3 Å². The molecule has 2 rings (SSSR count). The zero-order valence-corrected chi connectivity index (χ0v) is 11.5. The van der Waals surface area contributed by atoms with Gasteiger partial charge < -0.3 is 0 Å². The molecule has 2 heteroatoms. The Morgan fingerprint density at radius 3 is 2.81 bits per heavy atom. The minimum Gasteiger partial charge on any atom is -0.295 e. The first-order valence-electron chi connectivity index (χ1n) is 5.62. The van der Waals surface area contributed by atoms with Gasteiger partial charge >= 0.3 is 0 Å². The van der Waals surface area contributed by atoms with Crippen LogP contribution in [0.2, 0.25) is 0 Å². The maximum atomic E-state index is 11.8. The lowest BCUT2D eigenvalue weighted by atomic mass is 9.87. The van der Waals surface area contributed by atoms with Crippen LogP contribution in [0, 0.1) is 9.49 Å². The van der Waals surface area contributed by atoms with Crippen molar-refractivity contribution in [3.63, 3.8) is 0 Å². The van der Waals surface area contributed by atoms with Gasteiger partial charge in [0.1, 0.15) is 0 Å². The average molecular weight is 326 g/mol. The summed E-state index contributed by atoms with van der Waals surface area (Å²) in [6, 6.07) is 8.26. The van der Waals surface area contributed by atoms with Crippen molar-refractivity contribution < 1.29 is 4.79 Å². The van der Waals surface area contributed by atoms with Gasteiger partial charge in [0.2, 0.25) is 0 Å². The minimum absolute atomic E-state index is 0.332. The van der Waals surface area contributed by atoms with E-state index in [0.717, 1.165) is 24.8 Å². The fourth-order valence-electron chi connectivity index (χ4n) is 2.01. The normalized spacial score (nSPS) is 20.8. The molecule has 0 bridgehead atoms. The van der Waals surface area contributed by atoms with E-state index in [2.05, 4.69) is 47.7 Å². The molecule has 1 aromatic carbocycles. The summed E-state index contributed by atoms with van der Waals surface area (Å²) < 4.78 is 1.24. The molecule has 16 heavy (non-hydrogen) atoms. The first kappa shape index (κ1) is 11.8. The van der Waals surface area contributed by atoms with Crippen LogP contribution in [-0.4, -0.2) is 5.78 Å². The van der Waals surface area contributed by atoms with Crippen molar-refractivity contribution in [2.24, 2.45) is 5.92 Å². The minimum atomic E-state index is 0.332. The molecule has 0 fully saturated rings. The van der Waals surface area contributed by atoms with E-state index in [0.29, 0.717) is 11.7 Å². The number of halogens is 1. The Morgan fingerprint density at radius 1 is 1.38 bits per heavy atom. The summed E-state index contributed by atoms with van der Waals surface area (Å²) >= 11 is 2.33. The van der Waals surface area contributed by atoms with Gasteiger partial charge in [-0.3, -0.25) is 4.79 Å². The number of carbonyl (C=O) groups excluding carboxylic acids is 1. The van der Waals surface area contributed by atoms with Crippen molar-refractivity contribution in [3.05, 3.63) is 45.0 Å². The van der Waals surface area contributed by atoms with Crippen molar-refractivity contribution in [2.45, 2.75) is 26.2 Å². The van der Waals surface area contributed by atoms with E-state index in [1.54, 1.807) is 0 Å². The van der Waals surface area contributed by atoms with Crippen molar-refractivity contribution >= 4 is 28.4 Å². The summed E-state index contributed by atoms with van der Waals surface area (Å²) in [7, 11) is 0. The van der Waals surface area contributed by atoms with Crippen LogP contribution in [0.25, 0.3) is 0 Å². The second-order valence-electron chi connectivity index (χ2n) is 4.47. The van der Waals surface area contributed by atoms with Gasteiger partial charge in [-0.2, -0.15) is 0 Å². The molecule has 0 saturated carbocycles. The molecule has 0 saturated heterocycles. The SMILES string of the molecule is CC1CC=C(Cc2ccccc2I)C(=O)C1. The molecule has 1 aliphatic carbocycles. The molecule has 1 nitrogen and oxygen atoms in total. The predicted octanol–water partition coefficient (Wildman–Crippen LogP) is 3.76. The predicted molar refractivity (Wildman–Crippen MR) is 74.4 cm³/mol. The Hall–Kier alpha value is -0.640. The Balaban J connectivity index is 2.16. The Kier molecular flexibility index (Phi) is 3.79. The average Bonchev–Trinajstić information content (AvgIpc) is 2.25. The highest BCUT2D eigenvalue weighted by atomic mass is 127. The lowest BCUT2D eigenvalue weighted by Crippen LogP contribution is -2.15. The maximum Gasteiger partial charge on any atom is 0.159 e. The highest BCUT2D eigenvalue weighted by Crippen LogP contribution is 2.24. The summed E-state index contributed by atoms with van der Waals surface area (Å²) in [6.07, 6.45) is 4.68. The van der Waals surface area contributed by atoms with Crippen LogP contribution in [-0.2, 0) is 11.2 Å². The third kappa shape index (κ3) is 2.73. The quantitative estimate of drug-likeness (QED) is 0.757. The van der Waals surface area contributed by atoms with Gasteiger partial charge in [-0.25, -0.2) is 0 Å². The van der Waals surface area contributed by atoms with Gasteiger partial charge in [-0.05, 0) is 52.1 Å². The summed E-state index contributed by atoms with van der Waals surface area (Å²) in [5.74, 6) is 0.851. The van der Waals surface area contributed by atoms with Gasteiger partial charge in [0.25, 0.3) is 0 Å². The standard InChI is InChI=1S/C14H15IO/c1-10-6-7-12(14(16)8-10)9-11-4-2-3-5-13(11)15/h2-5,7,10H,6,8-9H2,1H3. The molecule has 1 unspecified atom stereocenters. The molecular formula is C14H15IO. The fourth-order valence-corrected chi connectivity index (χ4v) is 2.58. The van der Waals surface area contributed by atoms with Gasteiger partial charge in [0, 0.05) is 16.4 Å². The summed E-state index contributed by atoms with van der Waals surface area (Å²) in [5, 5.41) is 0. The van der Waals surface area contributed by atoms with E-state index in [1.807, 2.05) is 12.1 Å². The third-order valence-corrected chi connectivity index (χ3v) is 4.05. The van der Waals surface area contributed by atoms with Crippen molar-refractivity contribution in [3.8, 4) is 0 Å². The van der Waals surface area contributed by atoms with Crippen LogP contribution in [0.3, 0.4) is 0 Å². The Morgan fingerprint density at radius 2 is 2.12 bits per heavy atom. The van der Waals surface area contributed by atoms with Gasteiger partial charge in [0.05, 0.1) is 0 Å². The lowest BCUT2D eigenvalue weighted by Gasteiger charge is -2.17. The van der Waals surface area contributed by atoms with Crippen molar-refractivity contribution in [1.82, 2.24) is 0 Å². The van der Waals surface area contributed by atoms with Crippen molar-refractivity contribution in [2.75, 3.05) is 0 Å². The van der Waals surface area contributed by atoms with Gasteiger partial charge in [-0.15, -0.1) is 0 Å². The maximum absolute atomic E-state index is 11.8. The summed E-state index contributed by atoms with van der Waals surface area (Å²) in [4.78, 5) is 11.8. The topological polar surface area (TPSA) is 17.1 Å². The van der Waals surface area contributed by atoms with E-state index in [4.69, 9.17) is 0 Å². The van der Waals surface area contributed by atoms with E-state index in [9.17, 15) is 4.79 Å². The molecule has 84 valence electrons. The summed E-state index contributed by atoms with van der Waals surface area (Å²) in [5.41, 5.74) is 2.26. The molecule has 0 radical (unpaired) electrons. The highest BCUT2D eigenvalue weighted by molar-refractivity contribution is 14.1. The van der Waals surface area contributed by atoms with E-state index >= 15 is 0 Å². The van der Waals surface area contributed by atoms with E-state index < -0.39 is 0 Å². The molecule has 0 spiro atoms. The number of allylic oxidation sites excluding steroid dienone is 2. The second kappa shape index (κ2) is 5.13. The zero-order chi connectivity index (χ0) is 11.5. The number of benzene rings is 1. The lowest BCUT2D eigenvalue weighted by molar-refractivity contribution is -0.116. The first-order valence-corrected chi connectivity index (χ1v) is 6.70. The van der Waals surface area contributed by atoms with Crippen LogP contribution in [0.4, 0.5) is 0 Å². The third-order valence-electron chi connectivity index (χ3n) is 3.00. The first-order chi connectivity index (χ1) is 7.66. The van der Waals surface area contributed by atoms with E-state index in [-0.39, 0.29) is 0 Å². The molecule has 1 aromatic rings. The number of ketones is 1. The van der Waals surface area contributed by atoms with Crippen LogP contribution in [0.5, 0.6) is 0 Å². The molecule has 1 atom stereocenters. The molecule has 0 aliphatic heterocycles. The largest absolute Gasteiger partial charge is 0.295 e. The number of hydrogen-bond donors (Lipinski definition) is 0. The molecule has 1 aliphatic rings. The molecule has 0 amide bonds. The fraction of sp³-hybridized carbons (Fsp3) is 0.357. The molecule has 0 aromatic heterocycles. The zero-order valence-electron chi connectivity index (χ0n) is 9.37. The Labute approximate surface area is 110 Å². The van der Waals surface area contributed by atoms with Crippen molar-refractivity contribution in [1.29, 1.82) is 0 Å². The van der Waals surface area contributed by atoms with Crippen LogP contribution < -0.4 is 0 Å². The number of hydrogen-bond acceptors (Lipinski definition) is 1. The van der Waals surface area contributed by atoms with Crippen LogP contribution in [0.15, 0.2) is 35.9 Å². The molecule has 0 heterocycles. The van der Waals surface area contributed by atoms with E-state index in [1.165, 1.54) is 9.13 Å². The number of Topliss-reactive ketones (excluding diaryl/α,β-unsaturated/α-hetero) is 1. The van der Waals surface area contributed by atoms with Gasteiger partial charge in [-0.1, -0.05) is 31.2 Å². The Bertz CT molecular complexity index is 434. The molecule has 0 N–H and O–H groups in total. The second-order valence-corrected chi connectivity index (χ2v) is 5.63. The molecular weight excluding hydrogens is 311 g/mol. The number of carbonyl (C=O) groups is 1. The smallest absolute Gasteiger partial charge is 0.159 e. The number of rotatable bonds is 2. The highest BCUT2D eigenvalue weighted by Gasteiger charge is 2.19. The van der Waals surface area contributed by atoms with Gasteiger partial charge in [0.15, 0.2) is 5.78 Å². The monoisotopic (exact) mass is 326 g/mol. The van der Waals surface area contributed by atoms with Crippen LogP contribution >= 0.6 is 22.6 Å². The summed E-state index contributed by atoms with van der Waals surface area (Å²) in [6.45, 7) is 2.14.